The Morgan fingerprint density at radius 1 is 1.38 bits per heavy atom. The van der Waals surface area contributed by atoms with Gasteiger partial charge in [0, 0.05) is 12.1 Å². The topological polar surface area (TPSA) is 109 Å². The van der Waals surface area contributed by atoms with Crippen LogP contribution < -0.4 is 21.7 Å². The first-order chi connectivity index (χ1) is 13.6. The molecular formula is C20H27F2N5O2. The smallest absolute Gasteiger partial charge is 0.239 e. The average Bonchev–Trinajstić information content (AvgIpc) is 2.58. The van der Waals surface area contributed by atoms with Gasteiger partial charge in [-0.1, -0.05) is 6.58 Å². The maximum atomic E-state index is 13.9. The van der Waals surface area contributed by atoms with Crippen molar-refractivity contribution in [3.05, 3.63) is 47.3 Å². The number of fused-ring (bicyclic) bond motifs is 1. The lowest BCUT2D eigenvalue weighted by Crippen LogP contribution is -2.43. The SMILES string of the molecule is C=C(NC=NC(C)(C)CC(N)=O)NC(=O)CNC1CCc2cc(F)cc(F)c2C1. The molecule has 0 aromatic heterocycles. The fourth-order valence-electron chi connectivity index (χ4n) is 3.20. The number of carbonyl (C=O) groups is 2. The second-order valence-corrected chi connectivity index (χ2v) is 7.73. The summed E-state index contributed by atoms with van der Waals surface area (Å²) in [5, 5.41) is 8.38. The molecule has 1 unspecified atom stereocenters. The van der Waals surface area contributed by atoms with Crippen molar-refractivity contribution in [2.75, 3.05) is 6.54 Å². The third kappa shape index (κ3) is 7.26. The van der Waals surface area contributed by atoms with Gasteiger partial charge in [-0.3, -0.25) is 14.6 Å². The van der Waals surface area contributed by atoms with E-state index in [-0.39, 0.29) is 30.7 Å². The minimum Gasteiger partial charge on any atom is -0.370 e. The summed E-state index contributed by atoms with van der Waals surface area (Å²) in [6, 6.07) is 2.17. The summed E-state index contributed by atoms with van der Waals surface area (Å²) in [6.07, 6.45) is 3.07. The summed E-state index contributed by atoms with van der Waals surface area (Å²) < 4.78 is 27.2. The maximum absolute atomic E-state index is 13.9. The van der Waals surface area contributed by atoms with Crippen molar-refractivity contribution >= 4 is 18.2 Å². The lowest BCUT2D eigenvalue weighted by atomic mass is 9.88. The van der Waals surface area contributed by atoms with Gasteiger partial charge in [0.1, 0.15) is 17.5 Å². The first-order valence-electron chi connectivity index (χ1n) is 9.33. The number of aliphatic imine (C=N–C) groups is 1. The lowest BCUT2D eigenvalue weighted by molar-refractivity contribution is -0.120. The summed E-state index contributed by atoms with van der Waals surface area (Å²) in [7, 11) is 0. The number of aryl methyl sites for hydroxylation is 1. The number of rotatable bonds is 9. The van der Waals surface area contributed by atoms with Crippen molar-refractivity contribution in [2.45, 2.75) is 51.1 Å². The number of carbonyl (C=O) groups excluding carboxylic acids is 2. The van der Waals surface area contributed by atoms with E-state index >= 15 is 0 Å². The van der Waals surface area contributed by atoms with E-state index in [1.807, 2.05) is 0 Å². The zero-order chi connectivity index (χ0) is 21.6. The zero-order valence-corrected chi connectivity index (χ0v) is 16.6. The van der Waals surface area contributed by atoms with E-state index in [1.54, 1.807) is 13.8 Å². The second-order valence-electron chi connectivity index (χ2n) is 7.73. The number of nitrogens with zero attached hydrogens (tertiary/aromatic N) is 1. The van der Waals surface area contributed by atoms with E-state index in [1.165, 1.54) is 12.4 Å². The van der Waals surface area contributed by atoms with Gasteiger partial charge in [0.15, 0.2) is 0 Å². The highest BCUT2D eigenvalue weighted by Gasteiger charge is 2.22. The van der Waals surface area contributed by atoms with Crippen molar-refractivity contribution in [2.24, 2.45) is 10.7 Å². The molecule has 1 aliphatic carbocycles. The number of benzene rings is 1. The van der Waals surface area contributed by atoms with Crippen molar-refractivity contribution in [3.63, 3.8) is 0 Å². The Hall–Kier alpha value is -2.81. The summed E-state index contributed by atoms with van der Waals surface area (Å²) in [4.78, 5) is 27.2. The zero-order valence-electron chi connectivity index (χ0n) is 16.6. The van der Waals surface area contributed by atoms with Crippen LogP contribution in [0.5, 0.6) is 0 Å². The lowest BCUT2D eigenvalue weighted by Gasteiger charge is -2.26. The molecule has 0 saturated heterocycles. The largest absolute Gasteiger partial charge is 0.370 e. The quantitative estimate of drug-likeness (QED) is 0.365. The van der Waals surface area contributed by atoms with Gasteiger partial charge >= 0.3 is 0 Å². The molecule has 7 nitrogen and oxygen atoms in total. The van der Waals surface area contributed by atoms with E-state index in [0.717, 1.165) is 6.07 Å². The van der Waals surface area contributed by atoms with Crippen LogP contribution in [0.3, 0.4) is 0 Å². The molecule has 29 heavy (non-hydrogen) atoms. The summed E-state index contributed by atoms with van der Waals surface area (Å²) in [5.41, 5.74) is 5.67. The van der Waals surface area contributed by atoms with E-state index in [0.29, 0.717) is 30.4 Å². The van der Waals surface area contributed by atoms with Crippen LogP contribution in [0.25, 0.3) is 0 Å². The molecule has 0 saturated carbocycles. The van der Waals surface area contributed by atoms with Crippen LogP contribution in [0.15, 0.2) is 29.5 Å². The monoisotopic (exact) mass is 407 g/mol. The molecule has 0 fully saturated rings. The van der Waals surface area contributed by atoms with Gasteiger partial charge in [-0.25, -0.2) is 8.78 Å². The number of amides is 2. The van der Waals surface area contributed by atoms with Crippen LogP contribution in [-0.4, -0.2) is 36.3 Å². The molecule has 5 N–H and O–H groups in total. The summed E-state index contributed by atoms with van der Waals surface area (Å²) in [5.74, 6) is -1.67. The number of nitrogens with one attached hydrogen (secondary N) is 3. The molecule has 9 heteroatoms. The second kappa shape index (κ2) is 9.60. The average molecular weight is 407 g/mol. The Morgan fingerprint density at radius 3 is 2.79 bits per heavy atom. The van der Waals surface area contributed by atoms with E-state index in [2.05, 4.69) is 27.5 Å². The van der Waals surface area contributed by atoms with Gasteiger partial charge in [0.25, 0.3) is 0 Å². The molecule has 0 radical (unpaired) electrons. The molecule has 0 aliphatic heterocycles. The fourth-order valence-corrected chi connectivity index (χ4v) is 3.20. The highest BCUT2D eigenvalue weighted by molar-refractivity contribution is 5.80. The maximum Gasteiger partial charge on any atom is 0.239 e. The first kappa shape index (κ1) is 22.5. The van der Waals surface area contributed by atoms with Crippen LogP contribution >= 0.6 is 0 Å². The molecular weight excluding hydrogens is 380 g/mol. The molecule has 1 atom stereocenters. The Bertz CT molecular complexity index is 823. The van der Waals surface area contributed by atoms with Gasteiger partial charge in [0.05, 0.1) is 24.8 Å². The molecule has 158 valence electrons. The van der Waals surface area contributed by atoms with Crippen molar-refractivity contribution in [1.29, 1.82) is 0 Å². The number of hydrogen-bond acceptors (Lipinski definition) is 4. The van der Waals surface area contributed by atoms with Crippen LogP contribution in [-0.2, 0) is 22.4 Å². The van der Waals surface area contributed by atoms with Crippen molar-refractivity contribution in [3.8, 4) is 0 Å². The number of halogens is 2. The van der Waals surface area contributed by atoms with Gasteiger partial charge < -0.3 is 21.7 Å². The predicted octanol–water partition coefficient (Wildman–Crippen LogP) is 1.27. The minimum absolute atomic E-state index is 0.0217. The summed E-state index contributed by atoms with van der Waals surface area (Å²) in [6.45, 7) is 7.20. The molecule has 2 rings (SSSR count). The highest BCUT2D eigenvalue weighted by Crippen LogP contribution is 2.25. The number of primary amides is 1. The van der Waals surface area contributed by atoms with Crippen LogP contribution in [0.4, 0.5) is 8.78 Å². The van der Waals surface area contributed by atoms with Crippen molar-refractivity contribution < 1.29 is 18.4 Å². The molecule has 0 heterocycles. The first-order valence-corrected chi connectivity index (χ1v) is 9.33. The normalized spacial score (nSPS) is 16.3. The fraction of sp³-hybridized carbons (Fsp3) is 0.450. The Morgan fingerprint density at radius 2 is 2.10 bits per heavy atom. The standard InChI is InChI=1S/C20H27F2N5O2/c1-12(25-11-26-20(2,3)9-18(23)28)27-19(29)10-24-15-5-4-13-6-14(21)7-17(22)16(13)8-15/h6-7,11,15,24H,1,4-5,8-10H2,2-3H3,(H2,23,28)(H,25,26)(H,27,29). The Kier molecular flexibility index (Phi) is 7.44. The van der Waals surface area contributed by atoms with Gasteiger partial charge in [-0.2, -0.15) is 0 Å². The van der Waals surface area contributed by atoms with Gasteiger partial charge in [-0.15, -0.1) is 0 Å². The van der Waals surface area contributed by atoms with Gasteiger partial charge in [-0.05, 0) is 50.3 Å². The highest BCUT2D eigenvalue weighted by atomic mass is 19.1. The van der Waals surface area contributed by atoms with Crippen LogP contribution in [0.2, 0.25) is 0 Å². The Labute approximate surface area is 168 Å². The minimum atomic E-state index is -0.667. The molecule has 0 bridgehead atoms. The molecule has 1 aromatic rings. The molecule has 0 spiro atoms. The Balaban J connectivity index is 1.76. The van der Waals surface area contributed by atoms with Crippen molar-refractivity contribution in [1.82, 2.24) is 16.0 Å². The number of nitrogens with two attached hydrogens (primary N) is 1. The third-order valence-corrected chi connectivity index (χ3v) is 4.57. The van der Waals surface area contributed by atoms with E-state index in [9.17, 15) is 18.4 Å². The molecule has 2 amide bonds. The van der Waals surface area contributed by atoms with E-state index < -0.39 is 23.1 Å². The predicted molar refractivity (Wildman–Crippen MR) is 107 cm³/mol. The third-order valence-electron chi connectivity index (χ3n) is 4.57. The molecule has 1 aliphatic rings. The number of hydrogen-bond donors (Lipinski definition) is 4. The van der Waals surface area contributed by atoms with E-state index in [4.69, 9.17) is 5.73 Å². The van der Waals surface area contributed by atoms with Crippen LogP contribution in [0, 0.1) is 11.6 Å². The van der Waals surface area contributed by atoms with Crippen LogP contribution in [0.1, 0.15) is 37.8 Å². The molecule has 1 aromatic carbocycles. The van der Waals surface area contributed by atoms with Gasteiger partial charge in [0.2, 0.25) is 11.8 Å². The summed E-state index contributed by atoms with van der Waals surface area (Å²) >= 11 is 0.